The van der Waals surface area contributed by atoms with Crippen molar-refractivity contribution in [3.8, 4) is 0 Å². The summed E-state index contributed by atoms with van der Waals surface area (Å²) in [7, 11) is 0. The van der Waals surface area contributed by atoms with Crippen LogP contribution in [0.25, 0.3) is 0 Å². The molecule has 0 aliphatic heterocycles. The fourth-order valence-corrected chi connectivity index (χ4v) is 1.56. The summed E-state index contributed by atoms with van der Waals surface area (Å²) in [5.41, 5.74) is 6.09. The lowest BCUT2D eigenvalue weighted by atomic mass is 10.2. The predicted molar refractivity (Wildman–Crippen MR) is 60.1 cm³/mol. The maximum Gasteiger partial charge on any atom is 0.252 e. The number of H-pyrrole nitrogens is 1. The molecule has 0 saturated heterocycles. The molecule has 1 unspecified atom stereocenters. The number of nitrogens with one attached hydrogen (secondary N) is 2. The van der Waals surface area contributed by atoms with Gasteiger partial charge in [-0.25, -0.2) is 0 Å². The highest BCUT2D eigenvalue weighted by Gasteiger charge is 2.28. The summed E-state index contributed by atoms with van der Waals surface area (Å²) in [5, 5.41) is 2.75. The summed E-state index contributed by atoms with van der Waals surface area (Å²) in [5.74, 6) is 0.364. The predicted octanol–water partition coefficient (Wildman–Crippen LogP) is -0.158. The van der Waals surface area contributed by atoms with Crippen molar-refractivity contribution >= 4 is 5.91 Å². The molecular weight excluding hydrogens is 206 g/mol. The van der Waals surface area contributed by atoms with Crippen molar-refractivity contribution in [3.63, 3.8) is 0 Å². The summed E-state index contributed by atoms with van der Waals surface area (Å²) >= 11 is 0. The van der Waals surface area contributed by atoms with E-state index in [-0.39, 0.29) is 17.5 Å². The minimum atomic E-state index is -0.216. The molecule has 1 saturated carbocycles. The highest BCUT2D eigenvalue weighted by molar-refractivity contribution is 5.93. The van der Waals surface area contributed by atoms with Crippen LogP contribution in [-0.2, 0) is 0 Å². The van der Waals surface area contributed by atoms with Gasteiger partial charge >= 0.3 is 0 Å². The summed E-state index contributed by atoms with van der Waals surface area (Å²) in [6, 6.07) is 2.87. The van der Waals surface area contributed by atoms with E-state index < -0.39 is 0 Å². The quantitative estimate of drug-likeness (QED) is 0.660. The minimum Gasteiger partial charge on any atom is -0.350 e. The van der Waals surface area contributed by atoms with Crippen LogP contribution in [0.1, 0.15) is 23.2 Å². The van der Waals surface area contributed by atoms with Crippen LogP contribution in [0, 0.1) is 5.92 Å². The van der Waals surface area contributed by atoms with Crippen LogP contribution in [0.5, 0.6) is 0 Å². The lowest BCUT2D eigenvalue weighted by Crippen LogP contribution is -2.38. The van der Waals surface area contributed by atoms with E-state index in [1.165, 1.54) is 18.3 Å². The van der Waals surface area contributed by atoms with Gasteiger partial charge in [-0.1, -0.05) is 0 Å². The van der Waals surface area contributed by atoms with Crippen molar-refractivity contribution in [2.45, 2.75) is 18.9 Å². The van der Waals surface area contributed by atoms with Crippen LogP contribution >= 0.6 is 0 Å². The maximum atomic E-state index is 11.6. The van der Waals surface area contributed by atoms with Crippen LogP contribution in [0.3, 0.4) is 0 Å². The van der Waals surface area contributed by atoms with E-state index in [0.717, 1.165) is 12.8 Å². The SMILES string of the molecule is NC(CNC(=O)c1ccc(=O)[nH]c1)C1CC1. The number of nitrogens with two attached hydrogens (primary N) is 1. The van der Waals surface area contributed by atoms with Gasteiger partial charge in [-0.15, -0.1) is 0 Å². The van der Waals surface area contributed by atoms with E-state index in [0.29, 0.717) is 18.0 Å². The summed E-state index contributed by atoms with van der Waals surface area (Å²) in [4.78, 5) is 24.9. The van der Waals surface area contributed by atoms with Crippen LogP contribution in [0.2, 0.25) is 0 Å². The molecule has 5 nitrogen and oxygen atoms in total. The molecule has 1 aromatic rings. The van der Waals surface area contributed by atoms with Crippen molar-refractivity contribution in [2.24, 2.45) is 11.7 Å². The van der Waals surface area contributed by atoms with Gasteiger partial charge in [0.25, 0.3) is 5.91 Å². The van der Waals surface area contributed by atoms with Crippen molar-refractivity contribution in [2.75, 3.05) is 6.54 Å². The third-order valence-electron chi connectivity index (χ3n) is 2.77. The van der Waals surface area contributed by atoms with Gasteiger partial charge in [-0.2, -0.15) is 0 Å². The number of pyridine rings is 1. The molecule has 1 fully saturated rings. The Morgan fingerprint density at radius 1 is 1.56 bits per heavy atom. The zero-order valence-electron chi connectivity index (χ0n) is 8.90. The molecule has 0 bridgehead atoms. The van der Waals surface area contributed by atoms with Gasteiger partial charge in [0, 0.05) is 24.8 Å². The van der Waals surface area contributed by atoms with Crippen molar-refractivity contribution in [1.29, 1.82) is 0 Å². The largest absolute Gasteiger partial charge is 0.350 e. The summed E-state index contributed by atoms with van der Waals surface area (Å²) in [6.45, 7) is 0.489. The molecule has 1 amide bonds. The normalized spacial score (nSPS) is 16.8. The van der Waals surface area contributed by atoms with Crippen LogP contribution in [0.4, 0.5) is 0 Å². The van der Waals surface area contributed by atoms with E-state index in [2.05, 4.69) is 10.3 Å². The Labute approximate surface area is 93.0 Å². The second kappa shape index (κ2) is 4.49. The van der Waals surface area contributed by atoms with Gasteiger partial charge in [-0.3, -0.25) is 9.59 Å². The van der Waals surface area contributed by atoms with Crippen LogP contribution in [0.15, 0.2) is 23.1 Å². The first-order valence-electron chi connectivity index (χ1n) is 5.39. The Balaban J connectivity index is 1.87. The van der Waals surface area contributed by atoms with E-state index in [4.69, 9.17) is 5.73 Å². The zero-order chi connectivity index (χ0) is 11.5. The maximum absolute atomic E-state index is 11.6. The van der Waals surface area contributed by atoms with Crippen LogP contribution in [-0.4, -0.2) is 23.5 Å². The second-order valence-corrected chi connectivity index (χ2v) is 4.15. The molecule has 0 spiro atoms. The lowest BCUT2D eigenvalue weighted by molar-refractivity contribution is 0.0950. The Morgan fingerprint density at radius 3 is 2.88 bits per heavy atom. The molecule has 1 atom stereocenters. The molecule has 86 valence electrons. The van der Waals surface area contributed by atoms with E-state index in [1.54, 1.807) is 0 Å². The molecule has 4 N–H and O–H groups in total. The molecule has 1 aromatic heterocycles. The Hall–Kier alpha value is -1.62. The third-order valence-corrected chi connectivity index (χ3v) is 2.77. The zero-order valence-corrected chi connectivity index (χ0v) is 8.90. The van der Waals surface area contributed by atoms with Gasteiger partial charge in [0.05, 0.1) is 5.56 Å². The molecule has 0 radical (unpaired) electrons. The molecular formula is C11H15N3O2. The monoisotopic (exact) mass is 221 g/mol. The van der Waals surface area contributed by atoms with E-state index >= 15 is 0 Å². The average Bonchev–Trinajstić information content (AvgIpc) is 3.10. The standard InChI is InChI=1S/C11H15N3O2/c12-9(7-1-2-7)6-14-11(16)8-3-4-10(15)13-5-8/h3-5,7,9H,1-2,6,12H2,(H,13,15)(H,14,16). The number of amides is 1. The molecule has 1 aliphatic carbocycles. The fraction of sp³-hybridized carbons (Fsp3) is 0.455. The van der Waals surface area contributed by atoms with Gasteiger partial charge in [0.15, 0.2) is 0 Å². The van der Waals surface area contributed by atoms with E-state index in [1.807, 2.05) is 0 Å². The molecule has 1 heterocycles. The van der Waals surface area contributed by atoms with E-state index in [9.17, 15) is 9.59 Å². The molecule has 16 heavy (non-hydrogen) atoms. The lowest BCUT2D eigenvalue weighted by Gasteiger charge is -2.11. The number of carbonyl (C=O) groups is 1. The number of rotatable bonds is 4. The second-order valence-electron chi connectivity index (χ2n) is 4.15. The summed E-state index contributed by atoms with van der Waals surface area (Å²) in [6.07, 6.45) is 3.73. The number of hydrogen-bond acceptors (Lipinski definition) is 3. The molecule has 2 rings (SSSR count). The smallest absolute Gasteiger partial charge is 0.252 e. The molecule has 1 aliphatic rings. The topological polar surface area (TPSA) is 88.0 Å². The number of carbonyl (C=O) groups excluding carboxylic acids is 1. The number of aromatic amines is 1. The Bertz CT molecular complexity index is 417. The van der Waals surface area contributed by atoms with Gasteiger partial charge < -0.3 is 16.0 Å². The van der Waals surface area contributed by atoms with Crippen molar-refractivity contribution in [1.82, 2.24) is 10.3 Å². The Morgan fingerprint density at radius 2 is 2.31 bits per heavy atom. The number of hydrogen-bond donors (Lipinski definition) is 3. The third kappa shape index (κ3) is 2.70. The van der Waals surface area contributed by atoms with Crippen LogP contribution < -0.4 is 16.6 Å². The Kier molecular flexibility index (Phi) is 3.05. The molecule has 5 heteroatoms. The minimum absolute atomic E-state index is 0.0479. The summed E-state index contributed by atoms with van der Waals surface area (Å²) < 4.78 is 0. The first-order valence-corrected chi connectivity index (χ1v) is 5.39. The fourth-order valence-electron chi connectivity index (χ4n) is 1.56. The van der Waals surface area contributed by atoms with Gasteiger partial charge in [0.2, 0.25) is 5.56 Å². The molecule has 0 aromatic carbocycles. The van der Waals surface area contributed by atoms with Gasteiger partial charge in [-0.05, 0) is 24.8 Å². The van der Waals surface area contributed by atoms with Gasteiger partial charge in [0.1, 0.15) is 0 Å². The highest BCUT2D eigenvalue weighted by atomic mass is 16.1. The average molecular weight is 221 g/mol. The first-order chi connectivity index (χ1) is 7.66. The van der Waals surface area contributed by atoms with Crippen molar-refractivity contribution in [3.05, 3.63) is 34.2 Å². The highest BCUT2D eigenvalue weighted by Crippen LogP contribution is 2.31. The first kappa shape index (κ1) is 10.9. The van der Waals surface area contributed by atoms with Crippen molar-refractivity contribution < 1.29 is 4.79 Å². The number of aromatic nitrogens is 1.